The van der Waals surface area contributed by atoms with Gasteiger partial charge in [0.25, 0.3) is 0 Å². The van der Waals surface area contributed by atoms with Crippen molar-refractivity contribution in [3.05, 3.63) is 29.3 Å². The first-order chi connectivity index (χ1) is 7.33. The molecule has 1 aromatic heterocycles. The first-order valence-electron chi connectivity index (χ1n) is 4.41. The molecule has 0 saturated heterocycles. The Kier molecular flexibility index (Phi) is 2.94. The Bertz CT molecular complexity index is 439. The summed E-state index contributed by atoms with van der Waals surface area (Å²) in [5.41, 5.74) is 0.923. The zero-order valence-corrected chi connectivity index (χ0v) is 8.99. The van der Waals surface area contributed by atoms with E-state index in [1.807, 2.05) is 24.3 Å². The molecular formula is C10H10N2O2S. The van der Waals surface area contributed by atoms with Crippen molar-refractivity contribution in [3.8, 4) is 17.1 Å². The molecule has 2 rings (SSSR count). The van der Waals surface area contributed by atoms with Crippen LogP contribution in [-0.4, -0.2) is 21.6 Å². The molecule has 0 radical (unpaired) electrons. The van der Waals surface area contributed by atoms with Crippen LogP contribution in [0, 0.1) is 0 Å². The van der Waals surface area contributed by atoms with Gasteiger partial charge < -0.3 is 9.84 Å². The summed E-state index contributed by atoms with van der Waals surface area (Å²) < 4.78 is 9.20. The van der Waals surface area contributed by atoms with Crippen LogP contribution in [-0.2, 0) is 6.61 Å². The maximum absolute atomic E-state index is 8.87. The van der Waals surface area contributed by atoms with Crippen molar-refractivity contribution < 1.29 is 9.84 Å². The Labute approximate surface area is 91.3 Å². The summed E-state index contributed by atoms with van der Waals surface area (Å²) in [4.78, 5) is 4.17. The van der Waals surface area contributed by atoms with E-state index >= 15 is 0 Å². The standard InChI is InChI=1S/C10H10N2O2S/c1-14-8-4-2-7(3-5-8)10-11-9(6-13)15-12-10/h2-5,13H,6H2,1H3. The fourth-order valence-corrected chi connectivity index (χ4v) is 1.70. The molecule has 0 saturated carbocycles. The second kappa shape index (κ2) is 4.37. The molecule has 0 spiro atoms. The highest BCUT2D eigenvalue weighted by molar-refractivity contribution is 7.05. The maximum Gasteiger partial charge on any atom is 0.173 e. The molecule has 4 nitrogen and oxygen atoms in total. The van der Waals surface area contributed by atoms with Gasteiger partial charge in [-0.2, -0.15) is 4.37 Å². The van der Waals surface area contributed by atoms with E-state index in [0.717, 1.165) is 11.3 Å². The first-order valence-corrected chi connectivity index (χ1v) is 5.18. The van der Waals surface area contributed by atoms with Crippen LogP contribution in [0.15, 0.2) is 24.3 Å². The lowest BCUT2D eigenvalue weighted by molar-refractivity contribution is 0.281. The summed E-state index contributed by atoms with van der Waals surface area (Å²) in [6.07, 6.45) is 0. The van der Waals surface area contributed by atoms with Gasteiger partial charge in [-0.15, -0.1) is 0 Å². The number of benzene rings is 1. The number of methoxy groups -OCH3 is 1. The number of ether oxygens (including phenoxy) is 1. The van der Waals surface area contributed by atoms with Crippen molar-refractivity contribution in [2.75, 3.05) is 7.11 Å². The minimum atomic E-state index is -0.0617. The molecule has 0 unspecified atom stereocenters. The second-order valence-corrected chi connectivity index (χ2v) is 3.73. The Morgan fingerprint density at radius 2 is 2.07 bits per heavy atom. The largest absolute Gasteiger partial charge is 0.497 e. The van der Waals surface area contributed by atoms with E-state index in [9.17, 15) is 0 Å². The fourth-order valence-electron chi connectivity index (χ4n) is 1.18. The van der Waals surface area contributed by atoms with Gasteiger partial charge in [0.1, 0.15) is 10.8 Å². The van der Waals surface area contributed by atoms with Crippen LogP contribution < -0.4 is 4.74 Å². The van der Waals surface area contributed by atoms with Gasteiger partial charge in [0, 0.05) is 5.56 Å². The average molecular weight is 222 g/mol. The van der Waals surface area contributed by atoms with E-state index < -0.39 is 0 Å². The zero-order chi connectivity index (χ0) is 10.7. The van der Waals surface area contributed by atoms with E-state index in [-0.39, 0.29) is 6.61 Å². The summed E-state index contributed by atoms with van der Waals surface area (Å²) in [6.45, 7) is -0.0617. The fraction of sp³-hybridized carbons (Fsp3) is 0.200. The van der Waals surface area contributed by atoms with Crippen molar-refractivity contribution >= 4 is 11.5 Å². The lowest BCUT2D eigenvalue weighted by atomic mass is 10.2. The van der Waals surface area contributed by atoms with Gasteiger partial charge in [0.2, 0.25) is 0 Å². The van der Waals surface area contributed by atoms with Crippen LogP contribution >= 0.6 is 11.5 Å². The number of aliphatic hydroxyl groups excluding tert-OH is 1. The van der Waals surface area contributed by atoms with E-state index in [0.29, 0.717) is 10.8 Å². The van der Waals surface area contributed by atoms with E-state index in [1.165, 1.54) is 11.5 Å². The van der Waals surface area contributed by atoms with Gasteiger partial charge in [-0.1, -0.05) is 0 Å². The lowest BCUT2D eigenvalue weighted by Gasteiger charge is -1.99. The number of nitrogens with zero attached hydrogens (tertiary/aromatic N) is 2. The van der Waals surface area contributed by atoms with E-state index in [2.05, 4.69) is 9.36 Å². The van der Waals surface area contributed by atoms with Crippen molar-refractivity contribution in [1.29, 1.82) is 0 Å². The summed E-state index contributed by atoms with van der Waals surface area (Å²) in [5.74, 6) is 1.45. The number of hydrogen-bond acceptors (Lipinski definition) is 5. The van der Waals surface area contributed by atoms with Crippen LogP contribution in [0.1, 0.15) is 5.01 Å². The molecule has 0 aliphatic heterocycles. The van der Waals surface area contributed by atoms with Crippen LogP contribution in [0.25, 0.3) is 11.4 Å². The highest BCUT2D eigenvalue weighted by Crippen LogP contribution is 2.21. The predicted molar refractivity (Wildman–Crippen MR) is 57.8 cm³/mol. The van der Waals surface area contributed by atoms with Crippen molar-refractivity contribution in [2.45, 2.75) is 6.61 Å². The monoisotopic (exact) mass is 222 g/mol. The van der Waals surface area contributed by atoms with Gasteiger partial charge >= 0.3 is 0 Å². The highest BCUT2D eigenvalue weighted by Gasteiger charge is 2.05. The minimum absolute atomic E-state index is 0.0617. The number of rotatable bonds is 3. The molecule has 0 aliphatic carbocycles. The normalized spacial score (nSPS) is 10.3. The average Bonchev–Trinajstić information content (AvgIpc) is 2.78. The zero-order valence-electron chi connectivity index (χ0n) is 8.17. The summed E-state index contributed by atoms with van der Waals surface area (Å²) in [7, 11) is 1.62. The second-order valence-electron chi connectivity index (χ2n) is 2.90. The van der Waals surface area contributed by atoms with E-state index in [4.69, 9.17) is 9.84 Å². The predicted octanol–water partition coefficient (Wildman–Crippen LogP) is 1.71. The minimum Gasteiger partial charge on any atom is -0.497 e. The summed E-state index contributed by atoms with van der Waals surface area (Å²) >= 11 is 1.21. The topological polar surface area (TPSA) is 55.2 Å². The lowest BCUT2D eigenvalue weighted by Crippen LogP contribution is -1.85. The van der Waals surface area contributed by atoms with Gasteiger partial charge in [-0.3, -0.25) is 0 Å². The van der Waals surface area contributed by atoms with Crippen molar-refractivity contribution in [1.82, 2.24) is 9.36 Å². The molecule has 0 atom stereocenters. The third kappa shape index (κ3) is 2.14. The molecule has 1 heterocycles. The SMILES string of the molecule is COc1ccc(-c2nsc(CO)n2)cc1. The maximum atomic E-state index is 8.87. The number of aliphatic hydroxyl groups is 1. The Hall–Kier alpha value is -1.46. The number of hydrogen-bond donors (Lipinski definition) is 1. The van der Waals surface area contributed by atoms with Gasteiger partial charge in [-0.05, 0) is 35.8 Å². The number of aromatic nitrogens is 2. The van der Waals surface area contributed by atoms with Gasteiger partial charge in [0.15, 0.2) is 5.82 Å². The Balaban J connectivity index is 2.28. The first kappa shape index (κ1) is 10.1. The van der Waals surface area contributed by atoms with Gasteiger partial charge in [0.05, 0.1) is 13.7 Å². The van der Waals surface area contributed by atoms with Crippen LogP contribution in [0.3, 0.4) is 0 Å². The molecule has 0 bridgehead atoms. The molecule has 0 aliphatic rings. The van der Waals surface area contributed by atoms with Crippen LogP contribution in [0.4, 0.5) is 0 Å². The summed E-state index contributed by atoms with van der Waals surface area (Å²) in [6, 6.07) is 7.49. The van der Waals surface area contributed by atoms with Crippen molar-refractivity contribution in [2.24, 2.45) is 0 Å². The molecule has 15 heavy (non-hydrogen) atoms. The third-order valence-corrected chi connectivity index (χ3v) is 2.65. The molecule has 0 fully saturated rings. The summed E-state index contributed by atoms with van der Waals surface area (Å²) in [5, 5.41) is 9.49. The Morgan fingerprint density at radius 3 is 2.60 bits per heavy atom. The quantitative estimate of drug-likeness (QED) is 0.858. The molecular weight excluding hydrogens is 212 g/mol. The van der Waals surface area contributed by atoms with Crippen LogP contribution in [0.5, 0.6) is 5.75 Å². The molecule has 5 heteroatoms. The van der Waals surface area contributed by atoms with Crippen molar-refractivity contribution in [3.63, 3.8) is 0 Å². The molecule has 0 amide bonds. The van der Waals surface area contributed by atoms with Crippen LogP contribution in [0.2, 0.25) is 0 Å². The smallest absolute Gasteiger partial charge is 0.173 e. The molecule has 1 N–H and O–H groups in total. The van der Waals surface area contributed by atoms with E-state index in [1.54, 1.807) is 7.11 Å². The third-order valence-electron chi connectivity index (χ3n) is 1.95. The highest BCUT2D eigenvalue weighted by atomic mass is 32.1. The molecule has 2 aromatic rings. The van der Waals surface area contributed by atoms with Gasteiger partial charge in [-0.25, -0.2) is 4.98 Å². The Morgan fingerprint density at radius 1 is 1.33 bits per heavy atom. The molecule has 78 valence electrons. The molecule has 1 aromatic carbocycles.